The van der Waals surface area contributed by atoms with Gasteiger partial charge in [0.05, 0.1) is 20.1 Å². The second kappa shape index (κ2) is 6.90. The summed E-state index contributed by atoms with van der Waals surface area (Å²) in [5.74, 6) is -0.605. The number of benzene rings is 1. The van der Waals surface area contributed by atoms with Crippen molar-refractivity contribution < 1.29 is 23.9 Å². The van der Waals surface area contributed by atoms with Crippen molar-refractivity contribution in [3.63, 3.8) is 0 Å². The Balaban J connectivity index is 1.85. The summed E-state index contributed by atoms with van der Waals surface area (Å²) in [7, 11) is 3.13. The molecule has 2 aliphatic rings. The van der Waals surface area contributed by atoms with Crippen LogP contribution in [-0.2, 0) is 16.1 Å². The average Bonchev–Trinajstić information content (AvgIpc) is 3.09. The van der Waals surface area contributed by atoms with Crippen LogP contribution in [0.4, 0.5) is 4.79 Å². The number of hydrogen-bond donors (Lipinski definition) is 2. The smallest absolute Gasteiger partial charge is 0.322 e. The van der Waals surface area contributed by atoms with Gasteiger partial charge < -0.3 is 19.9 Å². The molecule has 3 rings (SSSR count). The fourth-order valence-electron chi connectivity index (χ4n) is 3.31. The summed E-state index contributed by atoms with van der Waals surface area (Å²) in [5, 5.41) is 4.74. The van der Waals surface area contributed by atoms with Crippen molar-refractivity contribution in [3.05, 3.63) is 29.3 Å². The van der Waals surface area contributed by atoms with Gasteiger partial charge in [0, 0.05) is 25.7 Å². The molecule has 9 nitrogen and oxygen atoms in total. The molecule has 0 saturated carbocycles. The first kappa shape index (κ1) is 18.7. The van der Waals surface area contributed by atoms with Gasteiger partial charge in [-0.25, -0.2) is 4.79 Å². The van der Waals surface area contributed by atoms with E-state index >= 15 is 0 Å². The second-order valence-electron chi connectivity index (χ2n) is 6.76. The van der Waals surface area contributed by atoms with Gasteiger partial charge in [-0.3, -0.25) is 19.7 Å². The lowest BCUT2D eigenvalue weighted by atomic mass is 9.93. The van der Waals surface area contributed by atoms with Gasteiger partial charge in [-0.05, 0) is 24.6 Å². The van der Waals surface area contributed by atoms with Gasteiger partial charge in [0.2, 0.25) is 5.91 Å². The number of fused-ring (bicyclic) bond motifs is 1. The number of carbonyl (C=O) groups excluding carboxylic acids is 4. The van der Waals surface area contributed by atoms with Crippen LogP contribution in [0.15, 0.2) is 18.2 Å². The molecule has 1 saturated heterocycles. The van der Waals surface area contributed by atoms with Crippen molar-refractivity contribution in [1.82, 2.24) is 20.4 Å². The summed E-state index contributed by atoms with van der Waals surface area (Å²) in [4.78, 5) is 52.4. The van der Waals surface area contributed by atoms with Crippen molar-refractivity contribution in [2.24, 2.45) is 0 Å². The summed E-state index contributed by atoms with van der Waals surface area (Å²) in [6.45, 7) is 2.48. The van der Waals surface area contributed by atoms with Crippen molar-refractivity contribution in [2.75, 3.05) is 27.2 Å². The number of urea groups is 1. The number of rotatable bonds is 6. The number of amides is 5. The van der Waals surface area contributed by atoms with Gasteiger partial charge in [-0.15, -0.1) is 0 Å². The molecule has 1 aromatic carbocycles. The minimum Gasteiger partial charge on any atom is -0.497 e. The molecule has 1 unspecified atom stereocenters. The molecule has 5 amide bonds. The van der Waals surface area contributed by atoms with Gasteiger partial charge in [0.15, 0.2) is 0 Å². The molecule has 1 fully saturated rings. The van der Waals surface area contributed by atoms with Crippen LogP contribution in [0.1, 0.15) is 29.3 Å². The van der Waals surface area contributed by atoms with Crippen LogP contribution in [0, 0.1) is 0 Å². The maximum Gasteiger partial charge on any atom is 0.322 e. The van der Waals surface area contributed by atoms with E-state index in [9.17, 15) is 19.2 Å². The van der Waals surface area contributed by atoms with Crippen LogP contribution in [0.5, 0.6) is 5.75 Å². The Morgan fingerprint density at radius 1 is 1.33 bits per heavy atom. The van der Waals surface area contributed by atoms with Gasteiger partial charge in [-0.2, -0.15) is 0 Å². The highest BCUT2D eigenvalue weighted by molar-refractivity contribution is 6.09. The first-order chi connectivity index (χ1) is 12.8. The third kappa shape index (κ3) is 3.32. The number of hydrogen-bond acceptors (Lipinski definition) is 5. The molecule has 2 aliphatic heterocycles. The van der Waals surface area contributed by atoms with E-state index in [1.165, 1.54) is 16.9 Å². The van der Waals surface area contributed by atoms with Crippen LogP contribution >= 0.6 is 0 Å². The minimum atomic E-state index is -1.49. The van der Waals surface area contributed by atoms with Crippen molar-refractivity contribution >= 4 is 23.8 Å². The summed E-state index contributed by atoms with van der Waals surface area (Å²) < 4.78 is 5.16. The molecule has 2 N–H and O–H groups in total. The lowest BCUT2D eigenvalue weighted by Gasteiger charge is -2.31. The largest absolute Gasteiger partial charge is 0.497 e. The molecule has 1 atom stereocenters. The lowest BCUT2D eigenvalue weighted by Crippen LogP contribution is -2.57. The quantitative estimate of drug-likeness (QED) is 0.687. The molecule has 144 valence electrons. The van der Waals surface area contributed by atoms with Crippen LogP contribution in [0.2, 0.25) is 0 Å². The number of nitrogens with one attached hydrogen (secondary N) is 2. The van der Waals surface area contributed by atoms with Gasteiger partial charge in [-0.1, -0.05) is 6.07 Å². The number of imide groups is 1. The highest BCUT2D eigenvalue weighted by Crippen LogP contribution is 2.29. The fraction of sp³-hybridized carbons (Fsp3) is 0.444. The molecular weight excluding hydrogens is 352 g/mol. The summed E-state index contributed by atoms with van der Waals surface area (Å²) in [6.07, 6.45) is -0.224. The number of nitrogens with zero attached hydrogens (tertiary/aromatic N) is 2. The number of carbonyl (C=O) groups is 4. The molecule has 1 aromatic rings. The van der Waals surface area contributed by atoms with Gasteiger partial charge >= 0.3 is 6.03 Å². The summed E-state index contributed by atoms with van der Waals surface area (Å²) >= 11 is 0. The Hall–Kier alpha value is -3.10. The topological polar surface area (TPSA) is 108 Å². The molecule has 0 radical (unpaired) electrons. The minimum absolute atomic E-state index is 0.0936. The molecule has 0 bridgehead atoms. The van der Waals surface area contributed by atoms with Gasteiger partial charge in [0.1, 0.15) is 11.3 Å². The summed E-state index contributed by atoms with van der Waals surface area (Å²) in [6, 6.07) is 4.53. The molecular formula is C18H22N4O5. The number of methoxy groups -OCH3 is 1. The first-order valence-corrected chi connectivity index (χ1v) is 8.63. The van der Waals surface area contributed by atoms with E-state index in [2.05, 4.69) is 10.6 Å². The second-order valence-corrected chi connectivity index (χ2v) is 6.76. The van der Waals surface area contributed by atoms with E-state index in [0.717, 1.165) is 5.56 Å². The zero-order chi connectivity index (χ0) is 19.8. The normalized spacial score (nSPS) is 21.0. The zero-order valence-electron chi connectivity index (χ0n) is 15.5. The van der Waals surface area contributed by atoms with Crippen LogP contribution < -0.4 is 15.4 Å². The van der Waals surface area contributed by atoms with Crippen LogP contribution in [-0.4, -0.2) is 66.3 Å². The Morgan fingerprint density at radius 2 is 2.07 bits per heavy atom. The maximum absolute atomic E-state index is 12.8. The molecule has 9 heteroatoms. The predicted molar refractivity (Wildman–Crippen MR) is 95.1 cm³/mol. The SMILES string of the molecule is CCN(C)C(=O)CC1(CN2Cc3ccc(OC)cc3C2=O)NC(=O)NC1=O. The zero-order valence-corrected chi connectivity index (χ0v) is 15.5. The first-order valence-electron chi connectivity index (χ1n) is 8.63. The predicted octanol–water partition coefficient (Wildman–Crippen LogP) is 0.0976. The van der Waals surface area contributed by atoms with Crippen molar-refractivity contribution in [3.8, 4) is 5.75 Å². The van der Waals surface area contributed by atoms with E-state index in [1.807, 2.05) is 6.92 Å². The Kier molecular flexibility index (Phi) is 4.77. The third-order valence-electron chi connectivity index (χ3n) is 5.02. The highest BCUT2D eigenvalue weighted by Gasteiger charge is 2.50. The summed E-state index contributed by atoms with van der Waals surface area (Å²) in [5.41, 5.74) is -0.191. The maximum atomic E-state index is 12.8. The Bertz CT molecular complexity index is 824. The lowest BCUT2D eigenvalue weighted by molar-refractivity contribution is -0.135. The highest BCUT2D eigenvalue weighted by atomic mass is 16.5. The van der Waals surface area contributed by atoms with E-state index in [4.69, 9.17) is 4.74 Å². The standard InChI is InChI=1S/C18H22N4O5/c1-4-21(2)14(23)8-18(16(25)19-17(26)20-18)10-22-9-11-5-6-12(27-3)7-13(11)15(22)24/h5-7H,4,8-10H2,1-3H3,(H2,19,20,25,26). The Labute approximate surface area is 156 Å². The molecule has 0 aromatic heterocycles. The van der Waals surface area contributed by atoms with Crippen LogP contribution in [0.3, 0.4) is 0 Å². The van der Waals surface area contributed by atoms with E-state index in [-0.39, 0.29) is 24.8 Å². The van der Waals surface area contributed by atoms with Gasteiger partial charge in [0.25, 0.3) is 11.8 Å². The van der Waals surface area contributed by atoms with Crippen molar-refractivity contribution in [1.29, 1.82) is 0 Å². The third-order valence-corrected chi connectivity index (χ3v) is 5.02. The van der Waals surface area contributed by atoms with Crippen LogP contribution in [0.25, 0.3) is 0 Å². The molecule has 2 heterocycles. The van der Waals surface area contributed by atoms with E-state index in [1.54, 1.807) is 25.2 Å². The average molecular weight is 374 g/mol. The van der Waals surface area contributed by atoms with Crippen molar-refractivity contribution in [2.45, 2.75) is 25.4 Å². The Morgan fingerprint density at radius 3 is 2.67 bits per heavy atom. The monoisotopic (exact) mass is 374 g/mol. The number of ether oxygens (including phenoxy) is 1. The fourth-order valence-corrected chi connectivity index (χ4v) is 3.31. The van der Waals surface area contributed by atoms with E-state index < -0.39 is 17.5 Å². The molecule has 0 spiro atoms. The molecule has 0 aliphatic carbocycles. The molecule has 27 heavy (non-hydrogen) atoms. The van der Waals surface area contributed by atoms with E-state index in [0.29, 0.717) is 24.4 Å².